The van der Waals surface area contributed by atoms with E-state index in [0.717, 1.165) is 41.8 Å². The third-order valence-corrected chi connectivity index (χ3v) is 5.10. The number of thioether (sulfide) groups is 1. The van der Waals surface area contributed by atoms with Crippen LogP contribution >= 0.6 is 11.8 Å². The summed E-state index contributed by atoms with van der Waals surface area (Å²) < 4.78 is 10.4. The van der Waals surface area contributed by atoms with Crippen molar-refractivity contribution in [3.63, 3.8) is 0 Å². The highest BCUT2D eigenvalue weighted by atomic mass is 32.2. The molecular weight excluding hydrogens is 366 g/mol. The Balaban J connectivity index is 1.57. The second-order valence-electron chi connectivity index (χ2n) is 6.20. The van der Waals surface area contributed by atoms with E-state index in [1.54, 1.807) is 6.21 Å². The van der Waals surface area contributed by atoms with E-state index in [0.29, 0.717) is 17.9 Å². The van der Waals surface area contributed by atoms with Crippen LogP contribution in [0.4, 0.5) is 0 Å². The molecule has 1 aromatic carbocycles. The Labute approximate surface area is 161 Å². The molecule has 1 saturated heterocycles. The topological polar surface area (TPSA) is 89.3 Å². The Bertz CT molecular complexity index is 798. The van der Waals surface area contributed by atoms with E-state index in [2.05, 4.69) is 20.3 Å². The molecule has 2 aliphatic rings. The highest BCUT2D eigenvalue weighted by molar-refractivity contribution is 8.18. The normalized spacial score (nSPS) is 20.7. The smallest absolute Gasteiger partial charge is 0.331 e. The molecule has 1 aliphatic carbocycles. The van der Waals surface area contributed by atoms with Gasteiger partial charge in [0.05, 0.1) is 30.9 Å². The minimum absolute atomic E-state index is 0.224. The lowest BCUT2D eigenvalue weighted by molar-refractivity contribution is -0.135. The maximum Gasteiger partial charge on any atom is 0.331 e. The van der Waals surface area contributed by atoms with Crippen molar-refractivity contribution in [1.82, 2.24) is 5.32 Å². The molecule has 3 rings (SSSR count). The van der Waals surface area contributed by atoms with Gasteiger partial charge in [-0.05, 0) is 41.8 Å². The summed E-state index contributed by atoms with van der Waals surface area (Å²) in [4.78, 5) is 23.2. The largest absolute Gasteiger partial charge is 0.466 e. The van der Waals surface area contributed by atoms with Gasteiger partial charge in [0.1, 0.15) is 0 Å². The standard InChI is InChI=1S/C19H21N3O4S/c1-25-17(23)10-16-18(24)21-19(27-16)22-20-11-13-5-4-6-14(9-13)12-26-15-7-2-3-8-15/h4-6,9-11,15H,2-3,7-8,12H2,1H3,(H,21,22,24)/b16-10+,20-11?. The van der Waals surface area contributed by atoms with Crippen molar-refractivity contribution in [1.29, 1.82) is 0 Å². The zero-order chi connectivity index (χ0) is 19.1. The number of amides is 1. The molecule has 1 heterocycles. The van der Waals surface area contributed by atoms with Gasteiger partial charge in [0.25, 0.3) is 5.91 Å². The van der Waals surface area contributed by atoms with Crippen LogP contribution in [0.2, 0.25) is 0 Å². The van der Waals surface area contributed by atoms with Crippen LogP contribution < -0.4 is 5.32 Å². The molecule has 0 radical (unpaired) electrons. The van der Waals surface area contributed by atoms with Crippen LogP contribution in [-0.4, -0.2) is 36.5 Å². The van der Waals surface area contributed by atoms with Crippen LogP contribution in [0.1, 0.15) is 36.8 Å². The van der Waals surface area contributed by atoms with E-state index in [9.17, 15) is 9.59 Å². The van der Waals surface area contributed by atoms with Crippen molar-refractivity contribution < 1.29 is 19.1 Å². The molecule has 0 spiro atoms. The minimum Gasteiger partial charge on any atom is -0.466 e. The first-order chi connectivity index (χ1) is 13.1. The van der Waals surface area contributed by atoms with Gasteiger partial charge in [-0.1, -0.05) is 31.0 Å². The fraction of sp³-hybridized carbons (Fsp3) is 0.368. The Hall–Kier alpha value is -2.45. The number of hydrogen-bond donors (Lipinski definition) is 1. The van der Waals surface area contributed by atoms with Crippen molar-refractivity contribution in [3.8, 4) is 0 Å². The molecule has 8 heteroatoms. The number of benzene rings is 1. The lowest BCUT2D eigenvalue weighted by atomic mass is 10.1. The van der Waals surface area contributed by atoms with E-state index in [-0.39, 0.29) is 4.91 Å². The molecule has 1 amide bonds. The summed E-state index contributed by atoms with van der Waals surface area (Å²) in [6.07, 6.45) is 7.92. The Morgan fingerprint density at radius 2 is 2.19 bits per heavy atom. The molecule has 1 saturated carbocycles. The molecule has 0 atom stereocenters. The van der Waals surface area contributed by atoms with Crippen LogP contribution in [0, 0.1) is 0 Å². The predicted molar refractivity (Wildman–Crippen MR) is 104 cm³/mol. The van der Waals surface area contributed by atoms with E-state index >= 15 is 0 Å². The van der Waals surface area contributed by atoms with Crippen LogP contribution in [-0.2, 0) is 25.7 Å². The monoisotopic (exact) mass is 387 g/mol. The first kappa shape index (κ1) is 19.3. The zero-order valence-corrected chi connectivity index (χ0v) is 15.8. The fourth-order valence-corrected chi connectivity index (χ4v) is 3.56. The summed E-state index contributed by atoms with van der Waals surface area (Å²) in [6, 6.07) is 7.90. The third-order valence-electron chi connectivity index (χ3n) is 4.20. The second kappa shape index (κ2) is 9.48. The number of hydrogen-bond acceptors (Lipinski definition) is 7. The summed E-state index contributed by atoms with van der Waals surface area (Å²) in [6.45, 7) is 0.592. The maximum atomic E-state index is 11.7. The van der Waals surface area contributed by atoms with Gasteiger partial charge in [-0.2, -0.15) is 5.10 Å². The fourth-order valence-electron chi connectivity index (χ4n) is 2.82. The number of ether oxygens (including phenoxy) is 2. The molecule has 0 unspecified atom stereocenters. The molecule has 2 fully saturated rings. The number of esters is 1. The first-order valence-corrected chi connectivity index (χ1v) is 9.56. The highest BCUT2D eigenvalue weighted by Gasteiger charge is 2.25. The van der Waals surface area contributed by atoms with E-state index < -0.39 is 11.9 Å². The number of rotatable bonds is 6. The summed E-state index contributed by atoms with van der Waals surface area (Å²) in [5.41, 5.74) is 1.98. The predicted octanol–water partition coefficient (Wildman–Crippen LogP) is 2.76. The van der Waals surface area contributed by atoms with E-state index in [1.807, 2.05) is 24.3 Å². The summed E-state index contributed by atoms with van der Waals surface area (Å²) >= 11 is 1.04. The SMILES string of the molecule is COC(=O)/C=C1/S/C(=N\N=Cc2cccc(COC3CCCC3)c2)NC1=O. The molecule has 1 aliphatic heterocycles. The number of amidine groups is 1. The molecule has 142 valence electrons. The molecular formula is C19H21N3O4S. The number of carbonyl (C=O) groups is 2. The molecule has 1 aromatic rings. The number of carbonyl (C=O) groups excluding carboxylic acids is 2. The lowest BCUT2D eigenvalue weighted by Crippen LogP contribution is -2.19. The molecule has 27 heavy (non-hydrogen) atoms. The van der Waals surface area contributed by atoms with Gasteiger partial charge in [-0.15, -0.1) is 5.10 Å². The second-order valence-corrected chi connectivity index (χ2v) is 7.23. The van der Waals surface area contributed by atoms with Crippen molar-refractivity contribution in [2.75, 3.05) is 7.11 Å². The number of nitrogens with zero attached hydrogens (tertiary/aromatic N) is 2. The van der Waals surface area contributed by atoms with Crippen LogP contribution in [0.5, 0.6) is 0 Å². The Kier molecular flexibility index (Phi) is 6.78. The van der Waals surface area contributed by atoms with E-state index in [4.69, 9.17) is 4.74 Å². The van der Waals surface area contributed by atoms with Crippen molar-refractivity contribution in [2.24, 2.45) is 10.2 Å². The van der Waals surface area contributed by atoms with Crippen molar-refractivity contribution in [3.05, 3.63) is 46.4 Å². The van der Waals surface area contributed by atoms with Gasteiger partial charge in [-0.3, -0.25) is 10.1 Å². The van der Waals surface area contributed by atoms with Crippen LogP contribution in [0.15, 0.2) is 45.4 Å². The summed E-state index contributed by atoms with van der Waals surface area (Å²) in [7, 11) is 1.25. The maximum absolute atomic E-state index is 11.7. The third kappa shape index (κ3) is 5.77. The molecule has 7 nitrogen and oxygen atoms in total. The summed E-state index contributed by atoms with van der Waals surface area (Å²) in [5, 5.41) is 10.9. The van der Waals surface area contributed by atoms with Crippen molar-refractivity contribution >= 4 is 35.0 Å². The van der Waals surface area contributed by atoms with Gasteiger partial charge < -0.3 is 9.47 Å². The lowest BCUT2D eigenvalue weighted by Gasteiger charge is -2.11. The van der Waals surface area contributed by atoms with Gasteiger partial charge in [0, 0.05) is 6.08 Å². The van der Waals surface area contributed by atoms with Gasteiger partial charge in [-0.25, -0.2) is 4.79 Å². The average Bonchev–Trinajstić information content (AvgIpc) is 3.30. The molecule has 0 bridgehead atoms. The van der Waals surface area contributed by atoms with Crippen LogP contribution in [0.25, 0.3) is 0 Å². The van der Waals surface area contributed by atoms with Gasteiger partial charge in [0.15, 0.2) is 5.17 Å². The zero-order valence-electron chi connectivity index (χ0n) is 15.0. The van der Waals surface area contributed by atoms with Crippen LogP contribution in [0.3, 0.4) is 0 Å². The van der Waals surface area contributed by atoms with E-state index in [1.165, 1.54) is 20.0 Å². The Morgan fingerprint density at radius 3 is 2.96 bits per heavy atom. The number of nitrogens with one attached hydrogen (secondary N) is 1. The molecule has 0 aromatic heterocycles. The van der Waals surface area contributed by atoms with Crippen molar-refractivity contribution in [2.45, 2.75) is 38.4 Å². The van der Waals surface area contributed by atoms with Gasteiger partial charge >= 0.3 is 5.97 Å². The summed E-state index contributed by atoms with van der Waals surface area (Å²) in [5.74, 6) is -0.987. The highest BCUT2D eigenvalue weighted by Crippen LogP contribution is 2.24. The molecule has 1 N–H and O–H groups in total. The average molecular weight is 387 g/mol. The quantitative estimate of drug-likeness (QED) is 0.351. The minimum atomic E-state index is -0.589. The Morgan fingerprint density at radius 1 is 1.37 bits per heavy atom. The van der Waals surface area contributed by atoms with Gasteiger partial charge in [0.2, 0.25) is 0 Å². The number of methoxy groups -OCH3 is 1. The first-order valence-electron chi connectivity index (χ1n) is 8.74.